The Morgan fingerprint density at radius 3 is 2.38 bits per heavy atom. The predicted molar refractivity (Wildman–Crippen MR) is 81.5 cm³/mol. The summed E-state index contributed by atoms with van der Waals surface area (Å²) in [7, 11) is 0. The molecule has 2 rings (SSSR count). The molecule has 0 aliphatic heterocycles. The molecule has 0 heterocycles. The molecule has 0 bridgehead atoms. The third-order valence-corrected chi connectivity index (χ3v) is 3.08. The van der Waals surface area contributed by atoms with Gasteiger partial charge in [-0.1, -0.05) is 42.5 Å². The van der Waals surface area contributed by atoms with Gasteiger partial charge in [0.15, 0.2) is 0 Å². The minimum absolute atomic E-state index is 0.112. The number of rotatable bonds is 6. The fourth-order valence-corrected chi connectivity index (χ4v) is 2.08. The van der Waals surface area contributed by atoms with Gasteiger partial charge in [-0.25, -0.2) is 4.79 Å². The first-order valence-corrected chi connectivity index (χ1v) is 6.88. The molecule has 1 unspecified atom stereocenters. The summed E-state index contributed by atoms with van der Waals surface area (Å²) in [4.78, 5) is 10.5. The Balaban J connectivity index is 1.85. The summed E-state index contributed by atoms with van der Waals surface area (Å²) in [5, 5.41) is 11.1. The summed E-state index contributed by atoms with van der Waals surface area (Å²) < 4.78 is 5.71. The van der Waals surface area contributed by atoms with E-state index in [9.17, 15) is 4.79 Å². The molecule has 1 atom stereocenters. The zero-order valence-corrected chi connectivity index (χ0v) is 12.0. The smallest absolute Gasteiger partial charge is 0.404 e. The van der Waals surface area contributed by atoms with E-state index < -0.39 is 6.09 Å². The zero-order chi connectivity index (χ0) is 15.1. The van der Waals surface area contributed by atoms with Gasteiger partial charge in [-0.3, -0.25) is 0 Å². The van der Waals surface area contributed by atoms with Crippen molar-refractivity contribution in [3.05, 3.63) is 65.7 Å². The van der Waals surface area contributed by atoms with Gasteiger partial charge in [-0.05, 0) is 36.6 Å². The number of hydrogen-bond acceptors (Lipinski definition) is 2. The Kier molecular flexibility index (Phi) is 5.21. The summed E-state index contributed by atoms with van der Waals surface area (Å²) in [5.41, 5.74) is 2.20. The van der Waals surface area contributed by atoms with Crippen molar-refractivity contribution < 1.29 is 14.6 Å². The number of carboxylic acid groups (broad SMARTS) is 1. The second kappa shape index (κ2) is 7.33. The maximum atomic E-state index is 10.5. The Hall–Kier alpha value is -2.49. The third-order valence-electron chi connectivity index (χ3n) is 3.08. The lowest BCUT2D eigenvalue weighted by atomic mass is 10.1. The molecular weight excluding hydrogens is 266 g/mol. The van der Waals surface area contributed by atoms with E-state index in [2.05, 4.69) is 5.32 Å². The van der Waals surface area contributed by atoms with Crippen LogP contribution in [-0.2, 0) is 13.0 Å². The minimum Gasteiger partial charge on any atom is -0.489 e. The van der Waals surface area contributed by atoms with Crippen LogP contribution < -0.4 is 10.1 Å². The maximum absolute atomic E-state index is 10.5. The molecule has 4 heteroatoms. The lowest BCUT2D eigenvalue weighted by Crippen LogP contribution is -2.32. The SMILES string of the molecule is CC(Cc1ccc(OCc2ccccc2)cc1)NC(=O)O. The second-order valence-electron chi connectivity index (χ2n) is 4.97. The van der Waals surface area contributed by atoms with Gasteiger partial charge in [0.2, 0.25) is 0 Å². The van der Waals surface area contributed by atoms with Crippen LogP contribution in [0.15, 0.2) is 54.6 Å². The van der Waals surface area contributed by atoms with Gasteiger partial charge < -0.3 is 15.2 Å². The highest BCUT2D eigenvalue weighted by atomic mass is 16.5. The fourth-order valence-electron chi connectivity index (χ4n) is 2.08. The normalized spacial score (nSPS) is 11.7. The van der Waals surface area contributed by atoms with Crippen molar-refractivity contribution in [2.24, 2.45) is 0 Å². The van der Waals surface area contributed by atoms with Crippen LogP contribution in [0.4, 0.5) is 4.79 Å². The van der Waals surface area contributed by atoms with Crippen LogP contribution in [0.1, 0.15) is 18.1 Å². The van der Waals surface area contributed by atoms with E-state index >= 15 is 0 Å². The summed E-state index contributed by atoms with van der Waals surface area (Å²) >= 11 is 0. The van der Waals surface area contributed by atoms with E-state index in [0.29, 0.717) is 13.0 Å². The van der Waals surface area contributed by atoms with Crippen molar-refractivity contribution in [3.8, 4) is 5.75 Å². The third kappa shape index (κ3) is 5.18. The standard InChI is InChI=1S/C17H19NO3/c1-13(18-17(19)20)11-14-7-9-16(10-8-14)21-12-15-5-3-2-4-6-15/h2-10,13,18H,11-12H2,1H3,(H,19,20). The molecule has 2 N–H and O–H groups in total. The quantitative estimate of drug-likeness (QED) is 0.854. The largest absolute Gasteiger partial charge is 0.489 e. The first-order valence-electron chi connectivity index (χ1n) is 6.88. The Bertz CT molecular complexity index is 566. The van der Waals surface area contributed by atoms with Gasteiger partial charge in [0.1, 0.15) is 12.4 Å². The van der Waals surface area contributed by atoms with Crippen molar-refractivity contribution >= 4 is 6.09 Å². The summed E-state index contributed by atoms with van der Waals surface area (Å²) in [6, 6.07) is 17.6. The topological polar surface area (TPSA) is 58.6 Å². The summed E-state index contributed by atoms with van der Waals surface area (Å²) in [6.07, 6.45) is -0.337. The molecule has 21 heavy (non-hydrogen) atoms. The molecule has 2 aromatic rings. The molecule has 1 amide bonds. The highest BCUT2D eigenvalue weighted by Crippen LogP contribution is 2.15. The number of amides is 1. The van der Waals surface area contributed by atoms with Crippen LogP contribution in [0.5, 0.6) is 5.75 Å². The number of carbonyl (C=O) groups is 1. The lowest BCUT2D eigenvalue weighted by molar-refractivity contribution is 0.190. The van der Waals surface area contributed by atoms with E-state index in [4.69, 9.17) is 9.84 Å². The fraction of sp³-hybridized carbons (Fsp3) is 0.235. The van der Waals surface area contributed by atoms with Crippen molar-refractivity contribution in [1.82, 2.24) is 5.32 Å². The van der Waals surface area contributed by atoms with E-state index in [-0.39, 0.29) is 6.04 Å². The van der Waals surface area contributed by atoms with Gasteiger partial charge in [0.05, 0.1) is 0 Å². The minimum atomic E-state index is -0.995. The first kappa shape index (κ1) is 14.9. The Morgan fingerprint density at radius 2 is 1.76 bits per heavy atom. The summed E-state index contributed by atoms with van der Waals surface area (Å²) in [5.74, 6) is 0.807. The molecule has 0 fully saturated rings. The molecule has 0 radical (unpaired) electrons. The molecule has 2 aromatic carbocycles. The zero-order valence-electron chi connectivity index (χ0n) is 12.0. The van der Waals surface area contributed by atoms with E-state index in [0.717, 1.165) is 16.9 Å². The van der Waals surface area contributed by atoms with E-state index in [1.807, 2.05) is 61.5 Å². The molecule has 0 spiro atoms. The van der Waals surface area contributed by atoms with Crippen LogP contribution in [0.25, 0.3) is 0 Å². The lowest BCUT2D eigenvalue weighted by Gasteiger charge is -2.12. The molecule has 0 aliphatic carbocycles. The molecule has 0 saturated heterocycles. The molecule has 110 valence electrons. The van der Waals surface area contributed by atoms with Gasteiger partial charge in [-0.15, -0.1) is 0 Å². The average molecular weight is 285 g/mol. The Morgan fingerprint density at radius 1 is 1.10 bits per heavy atom. The molecule has 0 saturated carbocycles. The molecular formula is C17H19NO3. The second-order valence-corrected chi connectivity index (χ2v) is 4.97. The van der Waals surface area contributed by atoms with E-state index in [1.54, 1.807) is 0 Å². The molecule has 0 aromatic heterocycles. The van der Waals surface area contributed by atoms with Crippen molar-refractivity contribution in [1.29, 1.82) is 0 Å². The van der Waals surface area contributed by atoms with Crippen LogP contribution in [0.3, 0.4) is 0 Å². The summed E-state index contributed by atoms with van der Waals surface area (Å²) in [6.45, 7) is 2.38. The van der Waals surface area contributed by atoms with Gasteiger partial charge in [-0.2, -0.15) is 0 Å². The van der Waals surface area contributed by atoms with E-state index in [1.165, 1.54) is 0 Å². The van der Waals surface area contributed by atoms with Crippen LogP contribution in [0.2, 0.25) is 0 Å². The average Bonchev–Trinajstić information content (AvgIpc) is 2.47. The van der Waals surface area contributed by atoms with Crippen LogP contribution >= 0.6 is 0 Å². The van der Waals surface area contributed by atoms with Crippen LogP contribution in [0, 0.1) is 0 Å². The predicted octanol–water partition coefficient (Wildman–Crippen LogP) is 3.46. The van der Waals surface area contributed by atoms with Gasteiger partial charge in [0.25, 0.3) is 0 Å². The number of ether oxygens (including phenoxy) is 1. The number of nitrogens with one attached hydrogen (secondary N) is 1. The Labute approximate surface area is 124 Å². The number of hydrogen-bond donors (Lipinski definition) is 2. The highest BCUT2D eigenvalue weighted by molar-refractivity contribution is 5.64. The highest BCUT2D eigenvalue weighted by Gasteiger charge is 2.06. The van der Waals surface area contributed by atoms with Crippen LogP contribution in [-0.4, -0.2) is 17.2 Å². The van der Waals surface area contributed by atoms with Crippen molar-refractivity contribution in [2.45, 2.75) is 26.0 Å². The van der Waals surface area contributed by atoms with Gasteiger partial charge in [0, 0.05) is 6.04 Å². The van der Waals surface area contributed by atoms with Gasteiger partial charge >= 0.3 is 6.09 Å². The molecule has 4 nitrogen and oxygen atoms in total. The maximum Gasteiger partial charge on any atom is 0.404 e. The van der Waals surface area contributed by atoms with Crippen molar-refractivity contribution in [2.75, 3.05) is 0 Å². The number of benzene rings is 2. The monoisotopic (exact) mass is 285 g/mol. The molecule has 0 aliphatic rings. The van der Waals surface area contributed by atoms with Crippen molar-refractivity contribution in [3.63, 3.8) is 0 Å². The first-order chi connectivity index (χ1) is 10.1.